The summed E-state index contributed by atoms with van der Waals surface area (Å²) in [5, 5.41) is 5.71. The zero-order valence-corrected chi connectivity index (χ0v) is 23.1. The number of amides is 2. The van der Waals surface area contributed by atoms with Gasteiger partial charge in [0, 0.05) is 29.6 Å². The number of rotatable bonds is 8. The second-order valence-corrected chi connectivity index (χ2v) is 9.62. The minimum atomic E-state index is -4.51. The fraction of sp³-hybridized carbons (Fsp3) is 0.200. The number of anilines is 1. The van der Waals surface area contributed by atoms with Crippen LogP contribution in [-0.2, 0) is 0 Å². The third-order valence-electron chi connectivity index (χ3n) is 6.80. The third kappa shape index (κ3) is 6.45. The number of alkyl halides is 3. The van der Waals surface area contributed by atoms with Gasteiger partial charge in [-0.2, -0.15) is 13.2 Å². The maximum absolute atomic E-state index is 13.6. The van der Waals surface area contributed by atoms with Crippen molar-refractivity contribution in [3.05, 3.63) is 84.8 Å². The lowest BCUT2D eigenvalue weighted by atomic mass is 10.0. The largest absolute Gasteiger partial charge is 0.493 e. The number of benzene rings is 3. The first-order valence-corrected chi connectivity index (χ1v) is 13.0. The molecule has 4 N–H and O–H groups in total. The second kappa shape index (κ2) is 11.9. The number of methoxy groups -OCH3 is 2. The Kier molecular flexibility index (Phi) is 8.06. The minimum Gasteiger partial charge on any atom is -0.493 e. The topological polar surface area (TPSA) is 133 Å². The highest BCUT2D eigenvalue weighted by molar-refractivity contribution is 6.09. The number of hydrogen-bond acceptors (Lipinski definition) is 8. The second-order valence-electron chi connectivity index (χ2n) is 9.62. The summed E-state index contributed by atoms with van der Waals surface area (Å²) in [5.41, 5.74) is 4.67. The summed E-state index contributed by atoms with van der Waals surface area (Å²) in [6, 6.07) is 17.6. The van der Waals surface area contributed by atoms with Gasteiger partial charge >= 0.3 is 12.2 Å². The summed E-state index contributed by atoms with van der Waals surface area (Å²) < 4.78 is 57.6. The van der Waals surface area contributed by atoms with E-state index in [2.05, 4.69) is 25.6 Å². The molecule has 0 radical (unpaired) electrons. The summed E-state index contributed by atoms with van der Waals surface area (Å²) >= 11 is 0. The van der Waals surface area contributed by atoms with Crippen molar-refractivity contribution in [3.63, 3.8) is 0 Å². The number of aromatic nitrogens is 2. The molecule has 0 saturated heterocycles. The predicted octanol–water partition coefficient (Wildman–Crippen LogP) is 6.48. The van der Waals surface area contributed by atoms with Crippen LogP contribution in [0.2, 0.25) is 0 Å². The van der Waals surface area contributed by atoms with Crippen LogP contribution in [0.4, 0.5) is 29.3 Å². The van der Waals surface area contributed by atoms with Gasteiger partial charge in [0.15, 0.2) is 11.5 Å². The Hall–Kier alpha value is -5.33. The van der Waals surface area contributed by atoms with Crippen LogP contribution in [0, 0.1) is 5.41 Å². The molecule has 13 heteroatoms. The number of nitrogens with one attached hydrogen (secondary N) is 2. The van der Waals surface area contributed by atoms with Crippen LogP contribution < -0.4 is 30.6 Å². The van der Waals surface area contributed by atoms with E-state index in [-0.39, 0.29) is 24.6 Å². The molecule has 1 aromatic heterocycles. The molecular weight excluding hydrogens is 565 g/mol. The van der Waals surface area contributed by atoms with Crippen LogP contribution >= 0.6 is 0 Å². The molecule has 0 atom stereocenters. The Morgan fingerprint density at radius 2 is 1.72 bits per heavy atom. The number of halogens is 3. The zero-order chi connectivity index (χ0) is 30.6. The molecule has 43 heavy (non-hydrogen) atoms. The standard InChI is InChI=1S/C30H27F3N6O4/c1-41-23-14-21-22(15-24(23)42-2)35-17-36-27(21)43-20-10-6-9-19(13-20)38-28(40)39-26(37-18-7-4-3-5-8-18)16-25(34)29(11-12-29)30(31,32)33/h3-10,13-17H,11-12,34H2,1-2H3,(H2,37,38,39,40). The molecule has 222 valence electrons. The van der Waals surface area contributed by atoms with Crippen LogP contribution in [0.15, 0.2) is 89.8 Å². The van der Waals surface area contributed by atoms with Gasteiger partial charge in [0.1, 0.15) is 23.3 Å². The van der Waals surface area contributed by atoms with Crippen LogP contribution in [0.25, 0.3) is 10.9 Å². The van der Waals surface area contributed by atoms with Crippen molar-refractivity contribution in [3.8, 4) is 23.1 Å². The summed E-state index contributed by atoms with van der Waals surface area (Å²) in [6.45, 7) is 0. The molecule has 0 bridgehead atoms. The lowest BCUT2D eigenvalue weighted by molar-refractivity contribution is -0.175. The van der Waals surface area contributed by atoms with Crippen molar-refractivity contribution in [1.29, 1.82) is 0 Å². The van der Waals surface area contributed by atoms with Gasteiger partial charge < -0.3 is 25.3 Å². The molecule has 0 spiro atoms. The summed E-state index contributed by atoms with van der Waals surface area (Å²) in [6.07, 6.45) is -2.37. The van der Waals surface area contributed by atoms with E-state index in [4.69, 9.17) is 19.9 Å². The van der Waals surface area contributed by atoms with Gasteiger partial charge in [-0.3, -0.25) is 5.32 Å². The molecule has 1 aliphatic rings. The SMILES string of the molecule is COc1cc2ncnc(Oc3cccc(NC(=O)NC(C=C(N)C4(C(F)(F)F)CC4)=Nc4ccccc4)c3)c2cc1OC. The van der Waals surface area contributed by atoms with E-state index >= 15 is 0 Å². The van der Waals surface area contributed by atoms with E-state index in [0.717, 1.165) is 6.08 Å². The lowest BCUT2D eigenvalue weighted by Gasteiger charge is -2.20. The molecule has 1 heterocycles. The molecule has 2 amide bonds. The third-order valence-corrected chi connectivity index (χ3v) is 6.80. The van der Waals surface area contributed by atoms with E-state index in [1.165, 1.54) is 20.5 Å². The maximum atomic E-state index is 13.6. The zero-order valence-electron chi connectivity index (χ0n) is 23.1. The Bertz CT molecular complexity index is 1710. The number of amidine groups is 1. The first-order valence-electron chi connectivity index (χ1n) is 13.0. The number of ether oxygens (including phenoxy) is 3. The highest BCUT2D eigenvalue weighted by atomic mass is 19.4. The fourth-order valence-electron chi connectivity index (χ4n) is 4.35. The number of nitrogens with two attached hydrogens (primary N) is 1. The summed E-state index contributed by atoms with van der Waals surface area (Å²) in [7, 11) is 3.03. The van der Waals surface area contributed by atoms with Gasteiger partial charge in [-0.1, -0.05) is 24.3 Å². The van der Waals surface area contributed by atoms with Crippen molar-refractivity contribution >= 4 is 34.1 Å². The van der Waals surface area contributed by atoms with Crippen LogP contribution in [-0.4, -0.2) is 42.2 Å². The number of aliphatic imine (C=N–C) groups is 1. The quantitative estimate of drug-likeness (QED) is 0.158. The van der Waals surface area contributed by atoms with E-state index in [0.29, 0.717) is 39.5 Å². The molecule has 1 fully saturated rings. The Labute approximate surface area is 244 Å². The Morgan fingerprint density at radius 3 is 2.40 bits per heavy atom. The average molecular weight is 593 g/mol. The molecule has 0 aliphatic heterocycles. The van der Waals surface area contributed by atoms with E-state index in [9.17, 15) is 18.0 Å². The lowest BCUT2D eigenvalue weighted by Crippen LogP contribution is -2.36. The molecule has 4 aromatic rings. The Balaban J connectivity index is 1.36. The molecule has 5 rings (SSSR count). The number of para-hydroxylation sites is 1. The predicted molar refractivity (Wildman–Crippen MR) is 155 cm³/mol. The number of hydrogen-bond donors (Lipinski definition) is 3. The van der Waals surface area contributed by atoms with Gasteiger partial charge in [-0.25, -0.2) is 19.8 Å². The number of urea groups is 1. The van der Waals surface area contributed by atoms with Gasteiger partial charge in [0.25, 0.3) is 0 Å². The van der Waals surface area contributed by atoms with Gasteiger partial charge in [-0.15, -0.1) is 0 Å². The van der Waals surface area contributed by atoms with Crippen molar-refractivity contribution in [2.45, 2.75) is 19.0 Å². The summed E-state index contributed by atoms with van der Waals surface area (Å²) in [4.78, 5) is 25.7. The molecule has 0 unspecified atom stereocenters. The monoisotopic (exact) mass is 592 g/mol. The first kappa shape index (κ1) is 29.2. The van der Waals surface area contributed by atoms with Crippen molar-refractivity contribution in [1.82, 2.24) is 15.3 Å². The van der Waals surface area contributed by atoms with E-state index in [1.54, 1.807) is 66.7 Å². The average Bonchev–Trinajstić information content (AvgIpc) is 3.80. The molecular formula is C30H27F3N6O4. The van der Waals surface area contributed by atoms with Crippen LogP contribution in [0.1, 0.15) is 12.8 Å². The molecule has 3 aromatic carbocycles. The molecule has 10 nitrogen and oxygen atoms in total. The number of fused-ring (bicyclic) bond motifs is 1. The smallest absolute Gasteiger partial charge is 0.399 e. The molecule has 1 saturated carbocycles. The normalized spacial score (nSPS) is 14.6. The maximum Gasteiger partial charge on any atom is 0.399 e. The number of carbonyl (C=O) groups is 1. The molecule has 1 aliphatic carbocycles. The van der Waals surface area contributed by atoms with Gasteiger partial charge in [-0.05, 0) is 43.2 Å². The van der Waals surface area contributed by atoms with E-state index in [1.807, 2.05) is 0 Å². The number of allylic oxidation sites excluding steroid dienone is 1. The van der Waals surface area contributed by atoms with Gasteiger partial charge in [0.2, 0.25) is 5.88 Å². The number of nitrogens with zero attached hydrogens (tertiary/aromatic N) is 3. The highest BCUT2D eigenvalue weighted by Gasteiger charge is 2.65. The summed E-state index contributed by atoms with van der Waals surface area (Å²) in [5.74, 6) is 1.39. The van der Waals surface area contributed by atoms with Crippen LogP contribution in [0.5, 0.6) is 23.1 Å². The minimum absolute atomic E-state index is 0.127. The first-order chi connectivity index (χ1) is 20.6. The fourth-order valence-corrected chi connectivity index (χ4v) is 4.35. The Morgan fingerprint density at radius 1 is 1.00 bits per heavy atom. The van der Waals surface area contributed by atoms with Crippen molar-refractivity contribution < 1.29 is 32.2 Å². The highest BCUT2D eigenvalue weighted by Crippen LogP contribution is 2.60. The van der Waals surface area contributed by atoms with Crippen molar-refractivity contribution in [2.75, 3.05) is 19.5 Å². The van der Waals surface area contributed by atoms with Gasteiger partial charge in [0.05, 0.1) is 30.8 Å². The number of carbonyl (C=O) groups excluding carboxylic acids is 1. The van der Waals surface area contributed by atoms with E-state index < -0.39 is 23.3 Å². The van der Waals surface area contributed by atoms with Crippen LogP contribution in [0.3, 0.4) is 0 Å². The van der Waals surface area contributed by atoms with Crippen molar-refractivity contribution in [2.24, 2.45) is 16.1 Å².